The van der Waals surface area contributed by atoms with Crippen LogP contribution in [-0.4, -0.2) is 24.5 Å². The first-order valence-corrected chi connectivity index (χ1v) is 8.78. The lowest BCUT2D eigenvalue weighted by atomic mass is 10.2. The smallest absolute Gasteiger partial charge is 0.338 e. The Balaban J connectivity index is 2.11. The molecule has 26 heavy (non-hydrogen) atoms. The number of benzene rings is 2. The molecule has 0 bridgehead atoms. The first kappa shape index (κ1) is 17.7. The lowest BCUT2D eigenvalue weighted by molar-refractivity contribution is 0.0692. The van der Waals surface area contributed by atoms with Gasteiger partial charge in [-0.2, -0.15) is 0 Å². The monoisotopic (exact) mass is 378 g/mol. The van der Waals surface area contributed by atoms with Gasteiger partial charge in [-0.1, -0.05) is 12.1 Å². The average molecular weight is 378 g/mol. The number of anilines is 1. The molecule has 0 saturated carbocycles. The van der Waals surface area contributed by atoms with Crippen LogP contribution in [0.2, 0.25) is 0 Å². The molecule has 1 heterocycles. The van der Waals surface area contributed by atoms with Gasteiger partial charge in [0.15, 0.2) is 0 Å². The second kappa shape index (κ2) is 6.34. The van der Waals surface area contributed by atoms with E-state index in [1.807, 2.05) is 4.72 Å². The van der Waals surface area contributed by atoms with Crippen molar-refractivity contribution in [3.63, 3.8) is 0 Å². The molecule has 6 nitrogen and oxygen atoms in total. The summed E-state index contributed by atoms with van der Waals surface area (Å²) in [5.41, 5.74) is -0.522. The third-order valence-corrected chi connectivity index (χ3v) is 5.03. The molecule has 1 aromatic heterocycles. The lowest BCUT2D eigenvalue weighted by Crippen LogP contribution is -2.16. The summed E-state index contributed by atoms with van der Waals surface area (Å²) in [4.78, 5) is 14.9. The molecule has 0 atom stereocenters. The highest BCUT2D eigenvalue weighted by Gasteiger charge is 2.22. The molecule has 0 aliphatic carbocycles. The summed E-state index contributed by atoms with van der Waals surface area (Å²) in [6.07, 6.45) is 1.49. The Kier molecular flexibility index (Phi) is 4.33. The van der Waals surface area contributed by atoms with Crippen LogP contribution in [0, 0.1) is 18.6 Å². The number of carboxylic acid groups (broad SMARTS) is 1. The molecule has 0 fully saturated rings. The minimum absolute atomic E-state index is 0.173. The standard InChI is InChI=1S/C17H12F2N2O4S/c1-9-5-10-3-2-4-15(16(10)20-8-9)26(24,25)21-14-6-11(17(22)23)12(18)7-13(14)19/h2-8,21H,1H3,(H,22,23). The molecule has 0 aliphatic rings. The summed E-state index contributed by atoms with van der Waals surface area (Å²) in [5.74, 6) is -4.19. The first-order chi connectivity index (χ1) is 12.2. The number of aryl methyl sites for hydroxylation is 1. The highest BCUT2D eigenvalue weighted by Crippen LogP contribution is 2.26. The van der Waals surface area contributed by atoms with Crippen LogP contribution in [-0.2, 0) is 10.0 Å². The van der Waals surface area contributed by atoms with Crippen molar-refractivity contribution >= 4 is 32.6 Å². The van der Waals surface area contributed by atoms with Crippen molar-refractivity contribution in [3.05, 3.63) is 65.4 Å². The Bertz CT molecular complexity index is 1150. The highest BCUT2D eigenvalue weighted by molar-refractivity contribution is 7.93. The quantitative estimate of drug-likeness (QED) is 0.726. The van der Waals surface area contributed by atoms with Crippen LogP contribution in [0.25, 0.3) is 10.9 Å². The minimum Gasteiger partial charge on any atom is -0.478 e. The maximum atomic E-state index is 13.9. The van der Waals surface area contributed by atoms with Crippen molar-refractivity contribution in [3.8, 4) is 0 Å². The highest BCUT2D eigenvalue weighted by atomic mass is 32.2. The fourth-order valence-corrected chi connectivity index (χ4v) is 3.69. The molecule has 3 aromatic rings. The Labute approximate surface area is 147 Å². The number of fused-ring (bicyclic) bond motifs is 1. The largest absolute Gasteiger partial charge is 0.478 e. The van der Waals surface area contributed by atoms with Gasteiger partial charge in [0.05, 0.1) is 16.8 Å². The van der Waals surface area contributed by atoms with Crippen molar-refractivity contribution in [1.82, 2.24) is 4.98 Å². The summed E-state index contributed by atoms with van der Waals surface area (Å²) in [6, 6.07) is 7.10. The molecule has 0 unspecified atom stereocenters. The van der Waals surface area contributed by atoms with Gasteiger partial charge in [-0.15, -0.1) is 0 Å². The third-order valence-electron chi connectivity index (χ3n) is 3.63. The number of aromatic nitrogens is 1. The Morgan fingerprint density at radius 2 is 1.88 bits per heavy atom. The van der Waals surface area contributed by atoms with Crippen molar-refractivity contribution < 1.29 is 27.1 Å². The van der Waals surface area contributed by atoms with Gasteiger partial charge in [-0.3, -0.25) is 9.71 Å². The SMILES string of the molecule is Cc1cnc2c(S(=O)(=O)Nc3cc(C(=O)O)c(F)cc3F)cccc2c1. The molecule has 0 radical (unpaired) electrons. The lowest BCUT2D eigenvalue weighted by Gasteiger charge is -2.12. The molecule has 2 aromatic carbocycles. The van der Waals surface area contributed by atoms with Gasteiger partial charge in [0.2, 0.25) is 0 Å². The molecule has 0 saturated heterocycles. The van der Waals surface area contributed by atoms with Crippen LogP contribution in [0.15, 0.2) is 47.5 Å². The second-order valence-electron chi connectivity index (χ2n) is 5.56. The zero-order chi connectivity index (χ0) is 19.1. The second-order valence-corrected chi connectivity index (χ2v) is 7.21. The van der Waals surface area contributed by atoms with Gasteiger partial charge in [0, 0.05) is 17.6 Å². The molecule has 134 valence electrons. The molecule has 9 heteroatoms. The van der Waals surface area contributed by atoms with E-state index in [1.165, 1.54) is 18.3 Å². The Hall–Kier alpha value is -3.07. The molecule has 2 N–H and O–H groups in total. The van der Waals surface area contributed by atoms with Crippen molar-refractivity contribution in [2.24, 2.45) is 0 Å². The number of carbonyl (C=O) groups is 1. The molecular weight excluding hydrogens is 366 g/mol. The van der Waals surface area contributed by atoms with Crippen molar-refractivity contribution in [2.75, 3.05) is 4.72 Å². The van der Waals surface area contributed by atoms with Crippen LogP contribution in [0.5, 0.6) is 0 Å². The zero-order valence-corrected chi connectivity index (χ0v) is 14.1. The third kappa shape index (κ3) is 3.21. The van der Waals surface area contributed by atoms with E-state index in [0.717, 1.165) is 5.56 Å². The van der Waals surface area contributed by atoms with Crippen LogP contribution < -0.4 is 4.72 Å². The number of rotatable bonds is 4. The molecule has 0 amide bonds. The predicted octanol–water partition coefficient (Wildman–Crippen LogP) is 3.32. The van der Waals surface area contributed by atoms with E-state index in [-0.39, 0.29) is 10.4 Å². The molecule has 0 aliphatic heterocycles. The summed E-state index contributed by atoms with van der Waals surface area (Å²) < 4.78 is 54.7. The van der Waals surface area contributed by atoms with E-state index < -0.39 is 38.9 Å². The molecular formula is C17H12F2N2O4S. The normalized spacial score (nSPS) is 11.5. The number of carboxylic acids is 1. The van der Waals surface area contributed by atoms with E-state index in [4.69, 9.17) is 5.11 Å². The van der Waals surface area contributed by atoms with Crippen molar-refractivity contribution in [2.45, 2.75) is 11.8 Å². The van der Waals surface area contributed by atoms with E-state index >= 15 is 0 Å². The summed E-state index contributed by atoms with van der Waals surface area (Å²) in [7, 11) is -4.30. The number of nitrogens with one attached hydrogen (secondary N) is 1. The Morgan fingerprint density at radius 3 is 2.58 bits per heavy atom. The number of pyridine rings is 1. The maximum Gasteiger partial charge on any atom is 0.338 e. The summed E-state index contributed by atoms with van der Waals surface area (Å²) in [6.45, 7) is 1.80. The number of hydrogen-bond acceptors (Lipinski definition) is 4. The van der Waals surface area contributed by atoms with Crippen LogP contribution in [0.1, 0.15) is 15.9 Å². The predicted molar refractivity (Wildman–Crippen MR) is 90.6 cm³/mol. The summed E-state index contributed by atoms with van der Waals surface area (Å²) in [5, 5.41) is 9.48. The van der Waals surface area contributed by atoms with Gasteiger partial charge in [0.1, 0.15) is 16.5 Å². The fourth-order valence-electron chi connectivity index (χ4n) is 2.45. The zero-order valence-electron chi connectivity index (χ0n) is 13.3. The van der Waals surface area contributed by atoms with Gasteiger partial charge in [-0.25, -0.2) is 22.0 Å². The van der Waals surface area contributed by atoms with E-state index in [0.29, 0.717) is 17.5 Å². The van der Waals surface area contributed by atoms with Crippen LogP contribution in [0.3, 0.4) is 0 Å². The summed E-state index contributed by atoms with van der Waals surface area (Å²) >= 11 is 0. The number of nitrogens with zero attached hydrogens (tertiary/aromatic N) is 1. The van der Waals surface area contributed by atoms with Crippen LogP contribution >= 0.6 is 0 Å². The number of halogens is 2. The minimum atomic E-state index is -4.30. The molecule has 0 spiro atoms. The molecule has 3 rings (SSSR count). The van der Waals surface area contributed by atoms with E-state index in [2.05, 4.69) is 4.98 Å². The average Bonchev–Trinajstić information content (AvgIpc) is 2.56. The maximum absolute atomic E-state index is 13.9. The number of para-hydroxylation sites is 1. The van der Waals surface area contributed by atoms with Crippen molar-refractivity contribution in [1.29, 1.82) is 0 Å². The van der Waals surface area contributed by atoms with Crippen LogP contribution in [0.4, 0.5) is 14.5 Å². The first-order valence-electron chi connectivity index (χ1n) is 7.29. The number of sulfonamides is 1. The van der Waals surface area contributed by atoms with Gasteiger partial charge >= 0.3 is 5.97 Å². The Morgan fingerprint density at radius 1 is 1.15 bits per heavy atom. The fraction of sp³-hybridized carbons (Fsp3) is 0.0588. The number of hydrogen-bond donors (Lipinski definition) is 2. The van der Waals surface area contributed by atoms with E-state index in [9.17, 15) is 22.0 Å². The van der Waals surface area contributed by atoms with Gasteiger partial charge in [-0.05, 0) is 30.7 Å². The van der Waals surface area contributed by atoms with E-state index in [1.54, 1.807) is 19.1 Å². The van der Waals surface area contributed by atoms with Gasteiger partial charge in [0.25, 0.3) is 10.0 Å². The topological polar surface area (TPSA) is 96.4 Å². The number of aromatic carboxylic acids is 1. The van der Waals surface area contributed by atoms with Gasteiger partial charge < -0.3 is 5.11 Å².